The number of pyridine rings is 1. The number of alkyl halides is 3. The molecule has 1 aromatic rings. The molecule has 0 aliphatic rings. The molecule has 0 saturated carbocycles. The van der Waals surface area contributed by atoms with Crippen molar-refractivity contribution in [3.63, 3.8) is 0 Å². The maximum absolute atomic E-state index is 12.6. The summed E-state index contributed by atoms with van der Waals surface area (Å²) in [5.74, 6) is 0. The van der Waals surface area contributed by atoms with Crippen LogP contribution in [0.25, 0.3) is 0 Å². The Morgan fingerprint density at radius 1 is 1.67 bits per heavy atom. The summed E-state index contributed by atoms with van der Waals surface area (Å²) in [6.07, 6.45) is -1.66. The quantitative estimate of drug-likeness (QED) is 0.486. The molecule has 1 rings (SSSR count). The van der Waals surface area contributed by atoms with Gasteiger partial charge in [0.15, 0.2) is 0 Å². The van der Waals surface area contributed by atoms with Crippen LogP contribution < -0.4 is 0 Å². The Hall–Kier alpha value is -1.11. The lowest BCUT2D eigenvalue weighted by Gasteiger charge is -2.07. The lowest BCUT2D eigenvalue weighted by atomic mass is 10.1. The second-order valence-corrected chi connectivity index (χ2v) is 3.40. The smallest absolute Gasteiger partial charge is 0.258 e. The summed E-state index contributed by atoms with van der Waals surface area (Å²) in [5, 5.41) is 10.7. The number of aryl methyl sites for hydroxylation is 1. The third kappa shape index (κ3) is 2.28. The zero-order valence-electron chi connectivity index (χ0n) is 7.71. The number of nitro groups is 1. The Morgan fingerprint density at radius 3 is 2.67 bits per heavy atom. The fourth-order valence-electron chi connectivity index (χ4n) is 1.22. The highest BCUT2D eigenvalue weighted by atomic mass is 79.9. The van der Waals surface area contributed by atoms with Crippen molar-refractivity contribution >= 4 is 21.6 Å². The molecule has 1 heterocycles. The Morgan fingerprint density at radius 2 is 2.27 bits per heavy atom. The third-order valence-corrected chi connectivity index (χ3v) is 2.43. The van der Waals surface area contributed by atoms with E-state index in [1.807, 2.05) is 0 Å². The van der Waals surface area contributed by atoms with Crippen LogP contribution in [-0.4, -0.2) is 9.91 Å². The molecule has 0 aliphatic heterocycles. The average molecular weight is 281 g/mol. The van der Waals surface area contributed by atoms with Gasteiger partial charge in [-0.3, -0.25) is 15.1 Å². The maximum atomic E-state index is 12.6. The highest BCUT2D eigenvalue weighted by Gasteiger charge is 2.28. The van der Waals surface area contributed by atoms with Gasteiger partial charge in [0, 0.05) is 6.20 Å². The van der Waals surface area contributed by atoms with Crippen LogP contribution in [0.4, 0.5) is 14.5 Å². The van der Waals surface area contributed by atoms with Crippen molar-refractivity contribution in [2.45, 2.75) is 18.7 Å². The van der Waals surface area contributed by atoms with Gasteiger partial charge < -0.3 is 0 Å². The molecule has 1 aromatic heterocycles. The Balaban J connectivity index is 3.51. The summed E-state index contributed by atoms with van der Waals surface area (Å²) in [7, 11) is 0. The lowest BCUT2D eigenvalue weighted by Crippen LogP contribution is -2.04. The molecule has 4 nitrogen and oxygen atoms in total. The van der Waals surface area contributed by atoms with Gasteiger partial charge >= 0.3 is 5.69 Å². The number of halogens is 3. The second-order valence-electron chi connectivity index (χ2n) is 2.84. The predicted octanol–water partition coefficient (Wildman–Crippen LogP) is 3.13. The molecule has 0 aliphatic carbocycles. The van der Waals surface area contributed by atoms with Crippen molar-refractivity contribution in [2.24, 2.45) is 0 Å². The van der Waals surface area contributed by atoms with Crippen molar-refractivity contribution in [1.82, 2.24) is 4.98 Å². The largest absolute Gasteiger partial charge is 0.300 e. The summed E-state index contributed by atoms with van der Waals surface area (Å²) in [5.41, 5.74) is -1.01. The second kappa shape index (κ2) is 4.61. The molecule has 0 unspecified atom stereocenters. The summed E-state index contributed by atoms with van der Waals surface area (Å²) < 4.78 is 25.2. The molecule has 0 spiro atoms. The minimum absolute atomic E-state index is 0.0147. The number of aromatic nitrogens is 1. The van der Waals surface area contributed by atoms with Gasteiger partial charge in [-0.1, -0.05) is 15.9 Å². The zero-order chi connectivity index (χ0) is 11.6. The zero-order valence-corrected chi connectivity index (χ0v) is 9.29. The molecule has 0 atom stereocenters. The minimum Gasteiger partial charge on any atom is -0.258 e. The van der Waals surface area contributed by atoms with E-state index in [0.717, 1.165) is 0 Å². The summed E-state index contributed by atoms with van der Waals surface area (Å²) >= 11 is 2.97. The first-order valence-electron chi connectivity index (χ1n) is 3.96. The van der Waals surface area contributed by atoms with Gasteiger partial charge in [-0.25, -0.2) is 8.78 Å². The highest BCUT2D eigenvalue weighted by molar-refractivity contribution is 9.08. The third-order valence-electron chi connectivity index (χ3n) is 1.89. The monoisotopic (exact) mass is 280 g/mol. The van der Waals surface area contributed by atoms with E-state index in [-0.39, 0.29) is 16.6 Å². The van der Waals surface area contributed by atoms with Crippen LogP contribution >= 0.6 is 15.9 Å². The van der Waals surface area contributed by atoms with Crippen molar-refractivity contribution in [1.29, 1.82) is 0 Å². The van der Waals surface area contributed by atoms with Crippen LogP contribution in [0.3, 0.4) is 0 Å². The number of rotatable bonds is 3. The molecule has 0 aromatic carbocycles. The van der Waals surface area contributed by atoms with Crippen molar-refractivity contribution in [2.75, 3.05) is 0 Å². The van der Waals surface area contributed by atoms with E-state index in [0.29, 0.717) is 0 Å². The molecule has 7 heteroatoms. The normalized spacial score (nSPS) is 10.7. The maximum Gasteiger partial charge on any atom is 0.300 e. The molecule has 82 valence electrons. The molecule has 0 radical (unpaired) electrons. The first kappa shape index (κ1) is 12.0. The van der Waals surface area contributed by atoms with E-state index in [4.69, 9.17) is 0 Å². The van der Waals surface area contributed by atoms with Gasteiger partial charge in [-0.2, -0.15) is 0 Å². The van der Waals surface area contributed by atoms with Crippen molar-refractivity contribution in [3.05, 3.63) is 33.1 Å². The molecular formula is C8H7BrF2N2O2. The summed E-state index contributed by atoms with van der Waals surface area (Å²) in [6, 6.07) is 0. The highest BCUT2D eigenvalue weighted by Crippen LogP contribution is 2.34. The Labute approximate surface area is 92.6 Å². The van der Waals surface area contributed by atoms with Crippen LogP contribution in [-0.2, 0) is 5.33 Å². The van der Waals surface area contributed by atoms with Gasteiger partial charge in [0.2, 0.25) is 0 Å². The SMILES string of the molecule is Cc1cnc(CBr)c([N+](=O)[O-])c1C(F)F. The fraction of sp³-hybridized carbons (Fsp3) is 0.375. The minimum atomic E-state index is -2.87. The van der Waals surface area contributed by atoms with Crippen molar-refractivity contribution in [3.8, 4) is 0 Å². The lowest BCUT2D eigenvalue weighted by molar-refractivity contribution is -0.387. The van der Waals surface area contributed by atoms with Gasteiger partial charge in [0.05, 0.1) is 10.3 Å². The van der Waals surface area contributed by atoms with Crippen LogP contribution in [0.2, 0.25) is 0 Å². The van der Waals surface area contributed by atoms with E-state index in [2.05, 4.69) is 20.9 Å². The first-order valence-corrected chi connectivity index (χ1v) is 5.08. The molecule has 0 N–H and O–H groups in total. The predicted molar refractivity (Wildman–Crippen MR) is 53.2 cm³/mol. The Bertz CT molecular complexity index is 398. The topological polar surface area (TPSA) is 56.0 Å². The number of hydrogen-bond donors (Lipinski definition) is 0. The van der Waals surface area contributed by atoms with Crippen LogP contribution in [0.15, 0.2) is 6.20 Å². The average Bonchev–Trinajstić information content (AvgIpc) is 2.16. The van der Waals surface area contributed by atoms with E-state index in [1.54, 1.807) is 0 Å². The van der Waals surface area contributed by atoms with Gasteiger partial charge in [-0.05, 0) is 12.5 Å². The van der Waals surface area contributed by atoms with Gasteiger partial charge in [0.25, 0.3) is 6.43 Å². The van der Waals surface area contributed by atoms with Crippen LogP contribution in [0, 0.1) is 17.0 Å². The number of hydrogen-bond acceptors (Lipinski definition) is 3. The number of nitrogens with zero attached hydrogens (tertiary/aromatic N) is 2. The van der Waals surface area contributed by atoms with Crippen LogP contribution in [0.1, 0.15) is 23.2 Å². The summed E-state index contributed by atoms with van der Waals surface area (Å²) in [6.45, 7) is 1.37. The molecule has 0 bridgehead atoms. The van der Waals surface area contributed by atoms with Crippen molar-refractivity contribution < 1.29 is 13.7 Å². The van der Waals surface area contributed by atoms with Gasteiger partial charge in [0.1, 0.15) is 11.3 Å². The first-order chi connectivity index (χ1) is 6.99. The molecule has 0 fully saturated rings. The Kier molecular flexibility index (Phi) is 3.67. The molecule has 0 saturated heterocycles. The van der Waals surface area contributed by atoms with Gasteiger partial charge in [-0.15, -0.1) is 0 Å². The fourth-order valence-corrected chi connectivity index (χ4v) is 1.63. The van der Waals surface area contributed by atoms with E-state index in [1.165, 1.54) is 13.1 Å². The molecule has 15 heavy (non-hydrogen) atoms. The standard InChI is InChI=1S/C8H7BrF2N2O2/c1-4-3-12-5(2-9)7(13(14)15)6(4)8(10)11/h3,8H,2H2,1H3. The summed E-state index contributed by atoms with van der Waals surface area (Å²) in [4.78, 5) is 13.6. The van der Waals surface area contributed by atoms with E-state index in [9.17, 15) is 18.9 Å². The van der Waals surface area contributed by atoms with E-state index < -0.39 is 22.6 Å². The molecule has 0 amide bonds. The van der Waals surface area contributed by atoms with E-state index >= 15 is 0 Å². The van der Waals surface area contributed by atoms with Crippen LogP contribution in [0.5, 0.6) is 0 Å². The molecular weight excluding hydrogens is 274 g/mol.